The zero-order valence-electron chi connectivity index (χ0n) is 8.37. The predicted octanol–water partition coefficient (Wildman–Crippen LogP) is 2.26. The lowest BCUT2D eigenvalue weighted by molar-refractivity contribution is 0.147. The van der Waals surface area contributed by atoms with Gasteiger partial charge in [0.25, 0.3) is 15.5 Å². The van der Waals surface area contributed by atoms with E-state index < -0.39 is 25.9 Å². The molecule has 1 aromatic heterocycles. The average molecular weight is 272 g/mol. The van der Waals surface area contributed by atoms with Gasteiger partial charge in [-0.2, -0.15) is 0 Å². The molecule has 0 spiro atoms. The first-order chi connectivity index (χ1) is 7.29. The van der Waals surface area contributed by atoms with Gasteiger partial charge in [0, 0.05) is 22.4 Å². The van der Waals surface area contributed by atoms with Crippen molar-refractivity contribution in [2.24, 2.45) is 0 Å². The molecule has 0 atom stereocenters. The number of pyridine rings is 1. The van der Waals surface area contributed by atoms with Crippen molar-refractivity contribution in [3.63, 3.8) is 0 Å². The summed E-state index contributed by atoms with van der Waals surface area (Å²) >= 11 is 0. The van der Waals surface area contributed by atoms with E-state index in [9.17, 15) is 17.2 Å². The quantitative estimate of drug-likeness (QED) is 0.792. The van der Waals surface area contributed by atoms with Crippen LogP contribution in [0.5, 0.6) is 5.88 Å². The molecule has 0 aliphatic carbocycles. The molecule has 0 amide bonds. The maximum Gasteiger partial charge on any atom is 0.266 e. The molecule has 0 saturated heterocycles. The van der Waals surface area contributed by atoms with Gasteiger partial charge in [-0.1, -0.05) is 0 Å². The Bertz CT molecular complexity index is 504. The summed E-state index contributed by atoms with van der Waals surface area (Å²) in [5.41, 5.74) is -0.761. The first-order valence-electron chi connectivity index (χ1n) is 4.05. The average Bonchev–Trinajstić information content (AvgIpc) is 2.14. The molecule has 0 N–H and O–H groups in total. The third-order valence-electron chi connectivity index (χ3n) is 1.92. The third kappa shape index (κ3) is 2.41. The first kappa shape index (κ1) is 13.1. The zero-order chi connectivity index (χ0) is 12.5. The van der Waals surface area contributed by atoms with Crippen molar-refractivity contribution in [3.8, 4) is 5.88 Å². The Balaban J connectivity index is 3.63. The van der Waals surface area contributed by atoms with Crippen LogP contribution in [0.25, 0.3) is 0 Å². The second-order valence-corrected chi connectivity index (χ2v) is 5.42. The topological polar surface area (TPSA) is 56.3 Å². The van der Waals surface area contributed by atoms with Crippen molar-refractivity contribution < 1.29 is 21.9 Å². The molecule has 16 heavy (non-hydrogen) atoms. The van der Waals surface area contributed by atoms with Gasteiger partial charge in [-0.3, -0.25) is 0 Å². The Hall–Kier alpha value is -0.950. The monoisotopic (exact) mass is 271 g/mol. The highest BCUT2D eigenvalue weighted by molar-refractivity contribution is 8.13. The number of halogens is 3. The van der Waals surface area contributed by atoms with Gasteiger partial charge in [0.15, 0.2) is 0 Å². The minimum absolute atomic E-state index is 0.0321. The highest BCUT2D eigenvalue weighted by Gasteiger charge is 2.26. The highest BCUT2D eigenvalue weighted by atomic mass is 35.7. The van der Waals surface area contributed by atoms with Crippen LogP contribution in [0.2, 0.25) is 0 Å². The minimum Gasteiger partial charge on any atom is -0.481 e. The minimum atomic E-state index is -4.27. The van der Waals surface area contributed by atoms with Crippen LogP contribution in [-0.4, -0.2) is 20.5 Å². The molecule has 0 aliphatic heterocycles. The van der Waals surface area contributed by atoms with Crippen LogP contribution in [0.1, 0.15) is 17.6 Å². The normalized spacial score (nSPS) is 11.9. The van der Waals surface area contributed by atoms with E-state index in [1.54, 1.807) is 0 Å². The van der Waals surface area contributed by atoms with Gasteiger partial charge in [0.2, 0.25) is 5.88 Å². The summed E-state index contributed by atoms with van der Waals surface area (Å²) in [4.78, 5) is 2.92. The lowest BCUT2D eigenvalue weighted by Gasteiger charge is -2.11. The van der Waals surface area contributed by atoms with E-state index in [2.05, 4.69) is 4.98 Å². The summed E-state index contributed by atoms with van der Waals surface area (Å²) in [5, 5.41) is 0. The van der Waals surface area contributed by atoms with Gasteiger partial charge in [0.05, 0.1) is 12.7 Å². The van der Waals surface area contributed by atoms with Gasteiger partial charge >= 0.3 is 0 Å². The molecule has 1 rings (SSSR count). The van der Waals surface area contributed by atoms with Gasteiger partial charge in [-0.15, -0.1) is 0 Å². The second kappa shape index (κ2) is 4.50. The molecule has 0 radical (unpaired) electrons. The molecule has 1 heterocycles. The van der Waals surface area contributed by atoms with Crippen molar-refractivity contribution in [2.45, 2.75) is 18.2 Å². The molecule has 0 fully saturated rings. The Labute approximate surface area is 95.6 Å². The van der Waals surface area contributed by atoms with E-state index in [0.717, 1.165) is 6.20 Å². The summed E-state index contributed by atoms with van der Waals surface area (Å²) in [6.45, 7) is 1.30. The third-order valence-corrected chi connectivity index (χ3v) is 3.41. The molecule has 0 unspecified atom stereocenters. The van der Waals surface area contributed by atoms with E-state index in [1.807, 2.05) is 0 Å². The largest absolute Gasteiger partial charge is 0.481 e. The Morgan fingerprint density at radius 2 is 2.06 bits per heavy atom. The summed E-state index contributed by atoms with van der Waals surface area (Å²) in [7, 11) is 2.08. The number of methoxy groups -OCH3 is 1. The number of hydrogen-bond donors (Lipinski definition) is 0. The molecule has 0 aromatic carbocycles. The standard InChI is InChI=1S/C8H8ClF2NO3S/c1-4-6(16(9,13)14)5(7(10)11)3-12-8(4)15-2/h3,7H,1-2H3. The van der Waals surface area contributed by atoms with Crippen molar-refractivity contribution in [3.05, 3.63) is 17.3 Å². The van der Waals surface area contributed by atoms with Crippen molar-refractivity contribution in [2.75, 3.05) is 7.11 Å². The summed E-state index contributed by atoms with van der Waals surface area (Å²) < 4.78 is 52.3. The van der Waals surface area contributed by atoms with Crippen LogP contribution in [0.4, 0.5) is 8.78 Å². The zero-order valence-corrected chi connectivity index (χ0v) is 9.94. The molecule has 4 nitrogen and oxygen atoms in total. The SMILES string of the molecule is COc1ncc(C(F)F)c(S(=O)(=O)Cl)c1C. The molecule has 0 saturated carbocycles. The summed E-state index contributed by atoms with van der Waals surface area (Å²) in [6, 6.07) is 0. The Kier molecular flexibility index (Phi) is 3.69. The number of ether oxygens (including phenoxy) is 1. The van der Waals surface area contributed by atoms with E-state index in [4.69, 9.17) is 15.4 Å². The Morgan fingerprint density at radius 3 is 2.44 bits per heavy atom. The number of aromatic nitrogens is 1. The van der Waals surface area contributed by atoms with Crippen LogP contribution >= 0.6 is 10.7 Å². The summed E-state index contributed by atoms with van der Waals surface area (Å²) in [6.07, 6.45) is -2.23. The van der Waals surface area contributed by atoms with Crippen molar-refractivity contribution in [1.82, 2.24) is 4.98 Å². The van der Waals surface area contributed by atoms with E-state index in [-0.39, 0.29) is 11.4 Å². The van der Waals surface area contributed by atoms with Crippen LogP contribution < -0.4 is 4.74 Å². The molecule has 0 bridgehead atoms. The molecule has 8 heteroatoms. The van der Waals surface area contributed by atoms with Gasteiger partial charge < -0.3 is 4.74 Å². The lowest BCUT2D eigenvalue weighted by atomic mass is 10.2. The van der Waals surface area contributed by atoms with Gasteiger partial charge in [-0.25, -0.2) is 22.2 Å². The number of nitrogens with zero attached hydrogens (tertiary/aromatic N) is 1. The second-order valence-electron chi connectivity index (χ2n) is 2.92. The van der Waals surface area contributed by atoms with Crippen LogP contribution in [0, 0.1) is 6.92 Å². The maximum atomic E-state index is 12.6. The van der Waals surface area contributed by atoms with Gasteiger partial charge in [0.1, 0.15) is 4.90 Å². The van der Waals surface area contributed by atoms with Crippen LogP contribution in [-0.2, 0) is 9.05 Å². The number of rotatable bonds is 3. The molecule has 1 aromatic rings. The lowest BCUT2D eigenvalue weighted by Crippen LogP contribution is -2.05. The van der Waals surface area contributed by atoms with E-state index in [0.29, 0.717) is 0 Å². The van der Waals surface area contributed by atoms with Crippen LogP contribution in [0.15, 0.2) is 11.1 Å². The fourth-order valence-electron chi connectivity index (χ4n) is 1.28. The highest BCUT2D eigenvalue weighted by Crippen LogP contribution is 2.34. The first-order valence-corrected chi connectivity index (χ1v) is 6.36. The summed E-state index contributed by atoms with van der Waals surface area (Å²) in [5.74, 6) is -0.0522. The van der Waals surface area contributed by atoms with E-state index >= 15 is 0 Å². The van der Waals surface area contributed by atoms with Gasteiger partial charge in [-0.05, 0) is 6.92 Å². The van der Waals surface area contributed by atoms with E-state index in [1.165, 1.54) is 14.0 Å². The molecule has 90 valence electrons. The Morgan fingerprint density at radius 1 is 1.50 bits per heavy atom. The number of alkyl halides is 2. The van der Waals surface area contributed by atoms with Crippen molar-refractivity contribution in [1.29, 1.82) is 0 Å². The smallest absolute Gasteiger partial charge is 0.266 e. The molecule has 0 aliphatic rings. The van der Waals surface area contributed by atoms with Crippen LogP contribution in [0.3, 0.4) is 0 Å². The molecular formula is C8H8ClF2NO3S. The predicted molar refractivity (Wildman–Crippen MR) is 53.5 cm³/mol. The fourth-order valence-corrected chi connectivity index (χ4v) is 2.77. The number of hydrogen-bond acceptors (Lipinski definition) is 4. The van der Waals surface area contributed by atoms with Crippen molar-refractivity contribution >= 4 is 19.7 Å². The molecular weight excluding hydrogens is 264 g/mol. The fraction of sp³-hybridized carbons (Fsp3) is 0.375. The maximum absolute atomic E-state index is 12.6.